The minimum absolute atomic E-state index is 0.0826. The molecule has 1 aliphatic carbocycles. The van der Waals surface area contributed by atoms with Crippen molar-refractivity contribution in [1.29, 1.82) is 0 Å². The Labute approximate surface area is 148 Å². The number of amides is 1. The summed E-state index contributed by atoms with van der Waals surface area (Å²) in [5.41, 5.74) is 0.337. The lowest BCUT2D eigenvalue weighted by Gasteiger charge is -2.39. The minimum Gasteiger partial charge on any atom is -0.455 e. The molecule has 5 heteroatoms. The van der Waals surface area contributed by atoms with E-state index in [2.05, 4.69) is 6.92 Å². The van der Waals surface area contributed by atoms with Gasteiger partial charge >= 0.3 is 5.97 Å². The van der Waals surface area contributed by atoms with Gasteiger partial charge in [0.1, 0.15) is 0 Å². The van der Waals surface area contributed by atoms with E-state index in [1.165, 1.54) is 0 Å². The molecule has 1 saturated heterocycles. The van der Waals surface area contributed by atoms with Crippen molar-refractivity contribution in [3.8, 4) is 0 Å². The molecular weight excluding hydrogens is 326 g/mol. The Hall–Kier alpha value is -1.55. The van der Waals surface area contributed by atoms with Crippen LogP contribution in [0, 0.1) is 5.92 Å². The van der Waals surface area contributed by atoms with Crippen molar-refractivity contribution < 1.29 is 14.3 Å². The van der Waals surface area contributed by atoms with E-state index in [1.54, 1.807) is 12.1 Å². The van der Waals surface area contributed by atoms with E-state index in [4.69, 9.17) is 16.3 Å². The van der Waals surface area contributed by atoms with Gasteiger partial charge in [0.2, 0.25) is 0 Å². The van der Waals surface area contributed by atoms with Crippen molar-refractivity contribution in [3.05, 3.63) is 34.9 Å². The first kappa shape index (κ1) is 17.3. The standard InChI is InChI=1S/C19H24ClNO3/c1-14-7-11-21(12-8-14)17(22)13-24-18(23)19(9-2-10-19)15-3-5-16(20)6-4-15/h3-6,14H,2,7-13H2,1H3. The molecule has 1 heterocycles. The van der Waals surface area contributed by atoms with E-state index in [9.17, 15) is 9.59 Å². The van der Waals surface area contributed by atoms with Crippen LogP contribution in [0.1, 0.15) is 44.6 Å². The van der Waals surface area contributed by atoms with E-state index in [0.717, 1.165) is 50.8 Å². The monoisotopic (exact) mass is 349 g/mol. The van der Waals surface area contributed by atoms with Gasteiger partial charge < -0.3 is 9.64 Å². The molecule has 0 bridgehead atoms. The summed E-state index contributed by atoms with van der Waals surface area (Å²) in [7, 11) is 0. The van der Waals surface area contributed by atoms with Crippen LogP contribution in [-0.4, -0.2) is 36.5 Å². The number of likely N-dealkylation sites (tertiary alicyclic amines) is 1. The van der Waals surface area contributed by atoms with Crippen molar-refractivity contribution >= 4 is 23.5 Å². The lowest BCUT2D eigenvalue weighted by atomic mass is 9.64. The summed E-state index contributed by atoms with van der Waals surface area (Å²) >= 11 is 5.94. The summed E-state index contributed by atoms with van der Waals surface area (Å²) < 4.78 is 5.41. The second-order valence-electron chi connectivity index (χ2n) is 7.08. The first-order chi connectivity index (χ1) is 11.5. The number of benzene rings is 1. The summed E-state index contributed by atoms with van der Waals surface area (Å²) in [6, 6.07) is 7.36. The topological polar surface area (TPSA) is 46.6 Å². The maximum Gasteiger partial charge on any atom is 0.317 e. The van der Waals surface area contributed by atoms with E-state index in [0.29, 0.717) is 10.9 Å². The fourth-order valence-electron chi connectivity index (χ4n) is 3.52. The Bertz CT molecular complexity index is 602. The van der Waals surface area contributed by atoms with E-state index >= 15 is 0 Å². The van der Waals surface area contributed by atoms with Gasteiger partial charge in [0, 0.05) is 18.1 Å². The number of rotatable bonds is 4. The third-order valence-corrected chi connectivity index (χ3v) is 5.71. The number of carbonyl (C=O) groups is 2. The predicted octanol–water partition coefficient (Wildman–Crippen LogP) is 3.56. The fraction of sp³-hybridized carbons (Fsp3) is 0.579. The van der Waals surface area contributed by atoms with Crippen LogP contribution in [0.2, 0.25) is 5.02 Å². The molecule has 2 fully saturated rings. The Morgan fingerprint density at radius 3 is 2.38 bits per heavy atom. The van der Waals surface area contributed by atoms with Crippen molar-refractivity contribution in [3.63, 3.8) is 0 Å². The maximum atomic E-state index is 12.6. The van der Waals surface area contributed by atoms with Crippen LogP contribution in [0.15, 0.2) is 24.3 Å². The van der Waals surface area contributed by atoms with Gasteiger partial charge in [-0.05, 0) is 49.3 Å². The van der Waals surface area contributed by atoms with Gasteiger partial charge in [-0.1, -0.05) is 37.1 Å². The molecule has 24 heavy (non-hydrogen) atoms. The minimum atomic E-state index is -0.596. The molecule has 0 aromatic heterocycles. The molecule has 0 spiro atoms. The normalized spacial score (nSPS) is 20.3. The van der Waals surface area contributed by atoms with Gasteiger partial charge in [-0.15, -0.1) is 0 Å². The van der Waals surface area contributed by atoms with Crippen LogP contribution in [0.3, 0.4) is 0 Å². The van der Waals surface area contributed by atoms with Crippen molar-refractivity contribution in [2.24, 2.45) is 5.92 Å². The molecule has 1 aromatic carbocycles. The van der Waals surface area contributed by atoms with Gasteiger partial charge in [0.15, 0.2) is 6.61 Å². The smallest absolute Gasteiger partial charge is 0.317 e. The molecule has 1 saturated carbocycles. The lowest BCUT2D eigenvalue weighted by molar-refractivity contribution is -0.160. The number of esters is 1. The summed E-state index contributed by atoms with van der Waals surface area (Å²) in [6.45, 7) is 3.58. The third-order valence-electron chi connectivity index (χ3n) is 5.46. The average Bonchev–Trinajstić information content (AvgIpc) is 2.54. The number of nitrogens with zero attached hydrogens (tertiary/aromatic N) is 1. The van der Waals surface area contributed by atoms with Gasteiger partial charge in [0.05, 0.1) is 5.41 Å². The first-order valence-electron chi connectivity index (χ1n) is 8.72. The molecule has 3 rings (SSSR count). The highest BCUT2D eigenvalue weighted by atomic mass is 35.5. The zero-order chi connectivity index (χ0) is 17.2. The summed E-state index contributed by atoms with van der Waals surface area (Å²) in [4.78, 5) is 26.7. The SMILES string of the molecule is CC1CCN(C(=O)COC(=O)C2(c3ccc(Cl)cc3)CCC2)CC1. The molecule has 4 nitrogen and oxygen atoms in total. The van der Waals surface area contributed by atoms with Crippen LogP contribution >= 0.6 is 11.6 Å². The molecule has 1 aliphatic heterocycles. The zero-order valence-corrected chi connectivity index (χ0v) is 14.8. The molecular formula is C19H24ClNO3. The molecule has 1 aromatic rings. The van der Waals surface area contributed by atoms with Gasteiger partial charge in [-0.3, -0.25) is 9.59 Å². The second kappa shape index (κ2) is 7.14. The largest absolute Gasteiger partial charge is 0.455 e. The number of hydrogen-bond acceptors (Lipinski definition) is 3. The van der Waals surface area contributed by atoms with Crippen molar-refractivity contribution in [2.45, 2.75) is 44.4 Å². The molecule has 0 unspecified atom stereocenters. The fourth-order valence-corrected chi connectivity index (χ4v) is 3.65. The Balaban J connectivity index is 1.59. The molecule has 2 aliphatic rings. The Kier molecular flexibility index (Phi) is 5.14. The van der Waals surface area contributed by atoms with Gasteiger partial charge in [-0.25, -0.2) is 0 Å². The molecule has 0 N–H and O–H groups in total. The molecule has 0 radical (unpaired) electrons. The summed E-state index contributed by atoms with van der Waals surface area (Å²) in [5, 5.41) is 0.649. The summed E-state index contributed by atoms with van der Waals surface area (Å²) in [6.07, 6.45) is 4.57. The molecule has 0 atom stereocenters. The van der Waals surface area contributed by atoms with E-state index in [1.807, 2.05) is 17.0 Å². The predicted molar refractivity (Wildman–Crippen MR) is 92.9 cm³/mol. The van der Waals surface area contributed by atoms with E-state index < -0.39 is 5.41 Å². The van der Waals surface area contributed by atoms with Crippen LogP contribution in [0.5, 0.6) is 0 Å². The highest BCUT2D eigenvalue weighted by Gasteiger charge is 2.47. The molecule has 130 valence electrons. The first-order valence-corrected chi connectivity index (χ1v) is 9.10. The number of hydrogen-bond donors (Lipinski definition) is 0. The quantitative estimate of drug-likeness (QED) is 0.781. The van der Waals surface area contributed by atoms with Crippen LogP contribution in [0.4, 0.5) is 0 Å². The number of ether oxygens (including phenoxy) is 1. The maximum absolute atomic E-state index is 12.6. The highest BCUT2D eigenvalue weighted by Crippen LogP contribution is 2.45. The highest BCUT2D eigenvalue weighted by molar-refractivity contribution is 6.30. The molecule has 1 amide bonds. The van der Waals surface area contributed by atoms with Gasteiger partial charge in [0.25, 0.3) is 5.91 Å². The number of halogens is 1. The number of piperidine rings is 1. The Morgan fingerprint density at radius 1 is 1.21 bits per heavy atom. The van der Waals surface area contributed by atoms with Crippen molar-refractivity contribution in [2.75, 3.05) is 19.7 Å². The lowest BCUT2D eigenvalue weighted by Crippen LogP contribution is -2.46. The van der Waals surface area contributed by atoms with E-state index in [-0.39, 0.29) is 18.5 Å². The van der Waals surface area contributed by atoms with Crippen LogP contribution in [0.25, 0.3) is 0 Å². The van der Waals surface area contributed by atoms with Crippen LogP contribution in [-0.2, 0) is 19.7 Å². The van der Waals surface area contributed by atoms with Crippen molar-refractivity contribution in [1.82, 2.24) is 4.90 Å². The Morgan fingerprint density at radius 2 is 1.83 bits per heavy atom. The number of carbonyl (C=O) groups excluding carboxylic acids is 2. The zero-order valence-electron chi connectivity index (χ0n) is 14.1. The third kappa shape index (κ3) is 3.44. The summed E-state index contributed by atoms with van der Waals surface area (Å²) in [5.74, 6) is 0.301. The van der Waals surface area contributed by atoms with Crippen LogP contribution < -0.4 is 0 Å². The second-order valence-corrected chi connectivity index (χ2v) is 7.52. The van der Waals surface area contributed by atoms with Gasteiger partial charge in [-0.2, -0.15) is 0 Å². The average molecular weight is 350 g/mol.